The van der Waals surface area contributed by atoms with E-state index in [1.165, 1.54) is 25.6 Å². The van der Waals surface area contributed by atoms with E-state index in [9.17, 15) is 8.42 Å². The van der Waals surface area contributed by atoms with Crippen LogP contribution in [0.4, 0.5) is 0 Å². The molecule has 0 aliphatic heterocycles. The van der Waals surface area contributed by atoms with Gasteiger partial charge in [-0.3, -0.25) is 0 Å². The third kappa shape index (κ3) is 4.27. The number of rotatable bonds is 5. The Morgan fingerprint density at radius 3 is 2.39 bits per heavy atom. The van der Waals surface area contributed by atoms with Gasteiger partial charge in [-0.25, -0.2) is 23.1 Å². The minimum absolute atomic E-state index is 0.141. The Morgan fingerprint density at radius 1 is 1.17 bits per heavy atom. The highest BCUT2D eigenvalue weighted by Gasteiger charge is 2.21. The van der Waals surface area contributed by atoms with E-state index in [1.54, 1.807) is 18.3 Å². The molecule has 7 heteroatoms. The van der Waals surface area contributed by atoms with E-state index in [-0.39, 0.29) is 16.9 Å². The van der Waals surface area contributed by atoms with E-state index in [1.807, 2.05) is 20.8 Å². The van der Waals surface area contributed by atoms with Gasteiger partial charge in [0, 0.05) is 23.7 Å². The van der Waals surface area contributed by atoms with Gasteiger partial charge in [0.15, 0.2) is 0 Å². The highest BCUT2D eigenvalue weighted by molar-refractivity contribution is 7.89. The zero-order chi connectivity index (χ0) is 17.1. The number of aromatic nitrogens is 2. The highest BCUT2D eigenvalue weighted by Crippen LogP contribution is 2.23. The molecular formula is C16H21N3O3S. The molecule has 0 aliphatic rings. The van der Waals surface area contributed by atoms with Crippen molar-refractivity contribution in [1.82, 2.24) is 14.7 Å². The molecule has 0 radical (unpaired) electrons. The fourth-order valence-electron chi connectivity index (χ4n) is 2.17. The number of methoxy groups -OCH3 is 1. The summed E-state index contributed by atoms with van der Waals surface area (Å²) in [6.07, 6.45) is 3.12. The lowest BCUT2D eigenvalue weighted by atomic mass is 9.89. The molecule has 2 rings (SSSR count). The van der Waals surface area contributed by atoms with Gasteiger partial charge in [-0.05, 0) is 24.3 Å². The Kier molecular flexibility index (Phi) is 5.01. The number of sulfonamides is 1. The van der Waals surface area contributed by atoms with E-state index in [0.29, 0.717) is 5.75 Å². The quantitative estimate of drug-likeness (QED) is 0.906. The maximum atomic E-state index is 12.4. The largest absolute Gasteiger partial charge is 0.497 e. The van der Waals surface area contributed by atoms with Gasteiger partial charge in [0.1, 0.15) is 12.1 Å². The summed E-state index contributed by atoms with van der Waals surface area (Å²) in [6, 6.07) is 6.24. The minimum atomic E-state index is -3.61. The summed E-state index contributed by atoms with van der Waals surface area (Å²) in [5.41, 5.74) is 1.39. The number of nitrogens with one attached hydrogen (secondary N) is 1. The van der Waals surface area contributed by atoms with Gasteiger partial charge < -0.3 is 4.74 Å². The summed E-state index contributed by atoms with van der Waals surface area (Å²) < 4.78 is 32.4. The number of ether oxygens (including phenoxy) is 1. The van der Waals surface area contributed by atoms with Gasteiger partial charge >= 0.3 is 0 Å². The molecule has 0 atom stereocenters. The summed E-state index contributed by atoms with van der Waals surface area (Å²) >= 11 is 0. The summed E-state index contributed by atoms with van der Waals surface area (Å²) in [7, 11) is -2.07. The average molecular weight is 335 g/mol. The molecule has 0 saturated heterocycles. The van der Waals surface area contributed by atoms with Crippen molar-refractivity contribution in [2.75, 3.05) is 7.11 Å². The topological polar surface area (TPSA) is 81.2 Å². The van der Waals surface area contributed by atoms with Crippen molar-refractivity contribution in [3.63, 3.8) is 0 Å². The monoisotopic (exact) mass is 335 g/mol. The van der Waals surface area contributed by atoms with Crippen LogP contribution in [0.5, 0.6) is 5.75 Å². The maximum absolute atomic E-state index is 12.4. The molecule has 0 unspecified atom stereocenters. The van der Waals surface area contributed by atoms with Gasteiger partial charge in [0.2, 0.25) is 10.0 Å². The molecule has 2 aromatic rings. The summed E-state index contributed by atoms with van der Waals surface area (Å²) in [6.45, 7) is 6.21. The minimum Gasteiger partial charge on any atom is -0.497 e. The molecule has 0 fully saturated rings. The molecule has 0 bridgehead atoms. The summed E-state index contributed by atoms with van der Waals surface area (Å²) in [4.78, 5) is 8.46. The smallest absolute Gasteiger partial charge is 0.240 e. The number of hydrogen-bond donors (Lipinski definition) is 1. The van der Waals surface area contributed by atoms with Crippen molar-refractivity contribution in [3.05, 3.63) is 48.0 Å². The van der Waals surface area contributed by atoms with Crippen LogP contribution in [0, 0.1) is 0 Å². The van der Waals surface area contributed by atoms with Gasteiger partial charge in [0.05, 0.1) is 17.7 Å². The number of nitrogens with zero attached hydrogens (tertiary/aromatic N) is 2. The second-order valence-electron chi connectivity index (χ2n) is 6.15. The van der Waals surface area contributed by atoms with Crippen LogP contribution in [0.2, 0.25) is 0 Å². The molecule has 1 aromatic heterocycles. The second-order valence-corrected chi connectivity index (χ2v) is 7.91. The van der Waals surface area contributed by atoms with Crippen molar-refractivity contribution >= 4 is 10.0 Å². The van der Waals surface area contributed by atoms with Crippen molar-refractivity contribution in [2.45, 2.75) is 37.6 Å². The SMILES string of the molecule is COc1ccc(S(=O)(=O)NCc2cncnc2C(C)(C)C)cc1. The van der Waals surface area contributed by atoms with Crippen molar-refractivity contribution in [2.24, 2.45) is 0 Å². The zero-order valence-corrected chi connectivity index (χ0v) is 14.5. The molecule has 0 saturated carbocycles. The first-order valence-electron chi connectivity index (χ1n) is 7.17. The highest BCUT2D eigenvalue weighted by atomic mass is 32.2. The third-order valence-corrected chi connectivity index (χ3v) is 4.74. The molecule has 1 heterocycles. The molecule has 6 nitrogen and oxygen atoms in total. The van der Waals surface area contributed by atoms with Crippen LogP contribution in [0.3, 0.4) is 0 Å². The van der Waals surface area contributed by atoms with Crippen LogP contribution in [0.1, 0.15) is 32.0 Å². The lowest BCUT2D eigenvalue weighted by Gasteiger charge is -2.21. The number of benzene rings is 1. The van der Waals surface area contributed by atoms with E-state index in [0.717, 1.165) is 11.3 Å². The first-order chi connectivity index (χ1) is 10.7. The summed E-state index contributed by atoms with van der Waals surface area (Å²) in [5, 5.41) is 0. The van der Waals surface area contributed by atoms with Crippen LogP contribution in [-0.2, 0) is 22.0 Å². The first kappa shape index (κ1) is 17.4. The first-order valence-corrected chi connectivity index (χ1v) is 8.65. The van der Waals surface area contributed by atoms with Crippen molar-refractivity contribution in [1.29, 1.82) is 0 Å². The molecule has 0 aliphatic carbocycles. The lowest BCUT2D eigenvalue weighted by molar-refractivity contribution is 0.414. The van der Waals surface area contributed by atoms with Crippen LogP contribution in [0.15, 0.2) is 41.7 Å². The Labute approximate surface area is 137 Å². The van der Waals surface area contributed by atoms with Crippen LogP contribution >= 0.6 is 0 Å². The van der Waals surface area contributed by atoms with Crippen molar-refractivity contribution < 1.29 is 13.2 Å². The van der Waals surface area contributed by atoms with Gasteiger partial charge in [-0.2, -0.15) is 0 Å². The van der Waals surface area contributed by atoms with E-state index in [2.05, 4.69) is 14.7 Å². The predicted octanol–water partition coefficient (Wildman–Crippen LogP) is 2.26. The second kappa shape index (κ2) is 6.64. The molecule has 124 valence electrons. The normalized spacial score (nSPS) is 12.2. The molecule has 0 spiro atoms. The Hall–Kier alpha value is -1.99. The van der Waals surface area contributed by atoms with Gasteiger partial charge in [-0.1, -0.05) is 20.8 Å². The van der Waals surface area contributed by atoms with E-state index in [4.69, 9.17) is 4.74 Å². The molecular weight excluding hydrogens is 314 g/mol. The predicted molar refractivity (Wildman–Crippen MR) is 87.8 cm³/mol. The van der Waals surface area contributed by atoms with Crippen LogP contribution < -0.4 is 9.46 Å². The molecule has 0 amide bonds. The van der Waals surface area contributed by atoms with Crippen LogP contribution in [0.25, 0.3) is 0 Å². The van der Waals surface area contributed by atoms with Crippen LogP contribution in [-0.4, -0.2) is 25.5 Å². The average Bonchev–Trinajstić information content (AvgIpc) is 2.52. The Morgan fingerprint density at radius 2 is 1.83 bits per heavy atom. The third-order valence-electron chi connectivity index (χ3n) is 3.32. The van der Waals surface area contributed by atoms with E-state index >= 15 is 0 Å². The fourth-order valence-corrected chi connectivity index (χ4v) is 3.18. The standard InChI is InChI=1S/C16H21N3O3S/c1-16(2,3)15-12(9-17-11-18-15)10-19-23(20,21)14-7-5-13(22-4)6-8-14/h5-9,11,19H,10H2,1-4H3. The zero-order valence-electron chi connectivity index (χ0n) is 13.7. The number of hydrogen-bond acceptors (Lipinski definition) is 5. The van der Waals surface area contributed by atoms with E-state index < -0.39 is 10.0 Å². The fraction of sp³-hybridized carbons (Fsp3) is 0.375. The molecule has 23 heavy (non-hydrogen) atoms. The lowest BCUT2D eigenvalue weighted by Crippen LogP contribution is -2.26. The van der Waals surface area contributed by atoms with Crippen molar-refractivity contribution in [3.8, 4) is 5.75 Å². The molecule has 1 aromatic carbocycles. The Bertz CT molecular complexity index is 766. The summed E-state index contributed by atoms with van der Waals surface area (Å²) in [5.74, 6) is 0.607. The Balaban J connectivity index is 2.20. The maximum Gasteiger partial charge on any atom is 0.240 e. The van der Waals surface area contributed by atoms with Gasteiger partial charge in [0.25, 0.3) is 0 Å². The molecule has 1 N–H and O–H groups in total. The van der Waals surface area contributed by atoms with Gasteiger partial charge in [-0.15, -0.1) is 0 Å².